The first-order chi connectivity index (χ1) is 9.08. The predicted molar refractivity (Wildman–Crippen MR) is 78.3 cm³/mol. The van der Waals surface area contributed by atoms with E-state index in [0.29, 0.717) is 5.92 Å². The first kappa shape index (κ1) is 14.4. The van der Waals surface area contributed by atoms with Crippen LogP contribution in [0.15, 0.2) is 24.3 Å². The summed E-state index contributed by atoms with van der Waals surface area (Å²) >= 11 is 6.13. The molecule has 104 valence electrons. The van der Waals surface area contributed by atoms with E-state index in [0.717, 1.165) is 30.1 Å². The first-order valence-electron chi connectivity index (χ1n) is 6.82. The molecule has 3 atom stereocenters. The lowest BCUT2D eigenvalue weighted by molar-refractivity contribution is -0.126. The lowest BCUT2D eigenvalue weighted by atomic mass is 9.96. The van der Waals surface area contributed by atoms with Crippen molar-refractivity contribution in [3.05, 3.63) is 34.9 Å². The van der Waals surface area contributed by atoms with Crippen LogP contribution in [-0.2, 0) is 11.2 Å². The zero-order valence-corrected chi connectivity index (χ0v) is 12.2. The minimum atomic E-state index is 0.0914. The van der Waals surface area contributed by atoms with Gasteiger partial charge in [-0.05, 0) is 37.4 Å². The Balaban J connectivity index is 1.89. The highest BCUT2D eigenvalue weighted by Crippen LogP contribution is 2.18. The number of benzene rings is 1. The van der Waals surface area contributed by atoms with Crippen LogP contribution < -0.4 is 10.6 Å². The largest absolute Gasteiger partial charge is 0.353 e. The monoisotopic (exact) mass is 280 g/mol. The Morgan fingerprint density at radius 3 is 2.84 bits per heavy atom. The number of amides is 1. The second kappa shape index (κ2) is 6.40. The standard InChI is InChI=1S/C15H21ClN2O/c1-10-8-17-9-13(10)15(19)18-11(2)7-12-5-3-4-6-14(12)16/h3-6,10-11,13,17H,7-9H2,1-2H3,(H,18,19)/t10-,11?,13-/m1/s1. The Morgan fingerprint density at radius 1 is 1.47 bits per heavy atom. The zero-order valence-electron chi connectivity index (χ0n) is 11.4. The SMILES string of the molecule is CC(Cc1ccccc1Cl)NC(=O)[C@@H]1CNC[C@H]1C. The van der Waals surface area contributed by atoms with Crippen molar-refractivity contribution in [1.82, 2.24) is 10.6 Å². The summed E-state index contributed by atoms with van der Waals surface area (Å²) in [6.07, 6.45) is 0.764. The van der Waals surface area contributed by atoms with E-state index in [2.05, 4.69) is 17.6 Å². The van der Waals surface area contributed by atoms with Crippen LogP contribution in [0.4, 0.5) is 0 Å². The minimum Gasteiger partial charge on any atom is -0.353 e. The molecule has 1 aliphatic heterocycles. The van der Waals surface area contributed by atoms with Crippen LogP contribution in [0.3, 0.4) is 0 Å². The molecule has 1 saturated heterocycles. The molecule has 4 heteroatoms. The molecule has 1 heterocycles. The number of halogens is 1. The Hall–Kier alpha value is -1.06. The maximum Gasteiger partial charge on any atom is 0.224 e. The molecule has 3 nitrogen and oxygen atoms in total. The van der Waals surface area contributed by atoms with Gasteiger partial charge in [-0.1, -0.05) is 36.7 Å². The van der Waals surface area contributed by atoms with Crippen LogP contribution in [0.5, 0.6) is 0 Å². The summed E-state index contributed by atoms with van der Waals surface area (Å²) in [4.78, 5) is 12.2. The highest BCUT2D eigenvalue weighted by molar-refractivity contribution is 6.31. The first-order valence-corrected chi connectivity index (χ1v) is 7.20. The van der Waals surface area contributed by atoms with E-state index in [1.807, 2.05) is 31.2 Å². The van der Waals surface area contributed by atoms with Crippen molar-refractivity contribution in [1.29, 1.82) is 0 Å². The molecule has 0 aliphatic carbocycles. The molecular formula is C15H21ClN2O. The molecule has 0 bridgehead atoms. The van der Waals surface area contributed by atoms with E-state index < -0.39 is 0 Å². The molecule has 0 spiro atoms. The molecule has 1 amide bonds. The summed E-state index contributed by atoms with van der Waals surface area (Å²) in [5.74, 6) is 0.651. The van der Waals surface area contributed by atoms with E-state index in [1.165, 1.54) is 0 Å². The van der Waals surface area contributed by atoms with E-state index in [1.54, 1.807) is 0 Å². The molecule has 0 radical (unpaired) electrons. The number of carbonyl (C=O) groups excluding carboxylic acids is 1. The average Bonchev–Trinajstić information content (AvgIpc) is 2.78. The average molecular weight is 281 g/mol. The fraction of sp³-hybridized carbons (Fsp3) is 0.533. The minimum absolute atomic E-state index is 0.0914. The molecule has 1 aliphatic rings. The van der Waals surface area contributed by atoms with Crippen molar-refractivity contribution in [3.63, 3.8) is 0 Å². The quantitative estimate of drug-likeness (QED) is 0.888. The number of hydrogen-bond acceptors (Lipinski definition) is 2. The van der Waals surface area contributed by atoms with Crippen molar-refractivity contribution in [2.45, 2.75) is 26.3 Å². The molecule has 0 saturated carbocycles. The Morgan fingerprint density at radius 2 is 2.21 bits per heavy atom. The number of carbonyl (C=O) groups is 1. The van der Waals surface area contributed by atoms with Crippen molar-refractivity contribution in [3.8, 4) is 0 Å². The van der Waals surface area contributed by atoms with Gasteiger partial charge >= 0.3 is 0 Å². The fourth-order valence-electron chi connectivity index (χ4n) is 2.56. The lowest BCUT2D eigenvalue weighted by Gasteiger charge is -2.19. The predicted octanol–water partition coefficient (Wildman–Crippen LogP) is 2.24. The third-order valence-corrected chi connectivity index (χ3v) is 4.10. The van der Waals surface area contributed by atoms with Crippen LogP contribution in [0.2, 0.25) is 5.02 Å². The van der Waals surface area contributed by atoms with Crippen LogP contribution >= 0.6 is 11.6 Å². The second-order valence-electron chi connectivity index (χ2n) is 5.45. The Labute approximate surface area is 119 Å². The third kappa shape index (κ3) is 3.71. The van der Waals surface area contributed by atoms with Gasteiger partial charge in [0, 0.05) is 17.6 Å². The van der Waals surface area contributed by atoms with E-state index in [9.17, 15) is 4.79 Å². The molecule has 2 rings (SSSR count). The second-order valence-corrected chi connectivity index (χ2v) is 5.85. The molecule has 2 N–H and O–H groups in total. The normalized spacial score (nSPS) is 24.2. The smallest absolute Gasteiger partial charge is 0.224 e. The van der Waals surface area contributed by atoms with E-state index >= 15 is 0 Å². The third-order valence-electron chi connectivity index (χ3n) is 3.73. The van der Waals surface area contributed by atoms with Gasteiger partial charge in [0.2, 0.25) is 5.91 Å². The van der Waals surface area contributed by atoms with Crippen LogP contribution in [0.1, 0.15) is 19.4 Å². The summed E-state index contributed by atoms with van der Waals surface area (Å²) in [6.45, 7) is 5.85. The molecule has 0 aromatic heterocycles. The van der Waals surface area contributed by atoms with Gasteiger partial charge in [-0.3, -0.25) is 4.79 Å². The highest BCUT2D eigenvalue weighted by atomic mass is 35.5. The van der Waals surface area contributed by atoms with Gasteiger partial charge in [-0.25, -0.2) is 0 Å². The number of hydrogen-bond donors (Lipinski definition) is 2. The van der Waals surface area contributed by atoms with Crippen molar-refractivity contribution >= 4 is 17.5 Å². The summed E-state index contributed by atoms with van der Waals surface area (Å²) in [5, 5.41) is 7.11. The van der Waals surface area contributed by atoms with Crippen LogP contribution in [0.25, 0.3) is 0 Å². The van der Waals surface area contributed by atoms with Crippen LogP contribution in [0, 0.1) is 11.8 Å². The molecule has 1 fully saturated rings. The van der Waals surface area contributed by atoms with Crippen LogP contribution in [-0.4, -0.2) is 25.0 Å². The van der Waals surface area contributed by atoms with Gasteiger partial charge in [-0.2, -0.15) is 0 Å². The molecule has 1 aromatic carbocycles. The summed E-state index contributed by atoms with van der Waals surface area (Å²) in [7, 11) is 0. The molecule has 1 unspecified atom stereocenters. The Bertz CT molecular complexity index is 450. The molecular weight excluding hydrogens is 260 g/mol. The summed E-state index contributed by atoms with van der Waals surface area (Å²) < 4.78 is 0. The van der Waals surface area contributed by atoms with E-state index in [4.69, 9.17) is 11.6 Å². The van der Waals surface area contributed by atoms with Gasteiger partial charge in [-0.15, -0.1) is 0 Å². The van der Waals surface area contributed by atoms with Gasteiger partial charge < -0.3 is 10.6 Å². The van der Waals surface area contributed by atoms with Crippen molar-refractivity contribution in [2.24, 2.45) is 11.8 Å². The summed E-state index contributed by atoms with van der Waals surface area (Å²) in [5.41, 5.74) is 1.08. The van der Waals surface area contributed by atoms with Gasteiger partial charge in [0.25, 0.3) is 0 Å². The lowest BCUT2D eigenvalue weighted by Crippen LogP contribution is -2.40. The molecule has 1 aromatic rings. The van der Waals surface area contributed by atoms with Gasteiger partial charge in [0.1, 0.15) is 0 Å². The van der Waals surface area contributed by atoms with Crippen molar-refractivity contribution < 1.29 is 4.79 Å². The summed E-state index contributed by atoms with van der Waals surface area (Å²) in [6, 6.07) is 7.87. The van der Waals surface area contributed by atoms with Gasteiger partial charge in [0.15, 0.2) is 0 Å². The zero-order chi connectivity index (χ0) is 13.8. The highest BCUT2D eigenvalue weighted by Gasteiger charge is 2.30. The Kier molecular flexibility index (Phi) is 4.83. The topological polar surface area (TPSA) is 41.1 Å². The van der Waals surface area contributed by atoms with Crippen molar-refractivity contribution in [2.75, 3.05) is 13.1 Å². The van der Waals surface area contributed by atoms with Gasteiger partial charge in [0.05, 0.1) is 5.92 Å². The maximum atomic E-state index is 12.2. The van der Waals surface area contributed by atoms with E-state index in [-0.39, 0.29) is 17.9 Å². The number of rotatable bonds is 4. The fourth-order valence-corrected chi connectivity index (χ4v) is 2.77. The maximum absolute atomic E-state index is 12.2. The number of nitrogens with one attached hydrogen (secondary N) is 2. The molecule has 19 heavy (non-hydrogen) atoms.